The van der Waals surface area contributed by atoms with Gasteiger partial charge in [-0.3, -0.25) is 4.79 Å². The summed E-state index contributed by atoms with van der Waals surface area (Å²) >= 11 is 1.53. The molecule has 0 spiro atoms. The molecule has 5 heteroatoms. The van der Waals surface area contributed by atoms with Gasteiger partial charge in [0.2, 0.25) is 0 Å². The average molecular weight is 345 g/mol. The lowest BCUT2D eigenvalue weighted by Gasteiger charge is -2.33. The number of Topliss-reactive ketones (excluding diaryl/α,β-unsaturated/α-hetero) is 1. The first-order valence-electron chi connectivity index (χ1n) is 8.34. The number of carbonyl (C=O) groups is 2. The summed E-state index contributed by atoms with van der Waals surface area (Å²) in [7, 11) is 0. The molecule has 0 unspecified atom stereocenters. The van der Waals surface area contributed by atoms with E-state index < -0.39 is 5.60 Å². The van der Waals surface area contributed by atoms with E-state index in [1.807, 2.05) is 51.1 Å². The minimum atomic E-state index is -0.514. The van der Waals surface area contributed by atoms with Crippen LogP contribution in [0.15, 0.2) is 30.3 Å². The number of fused-ring (bicyclic) bond motifs is 1. The molecule has 1 aromatic carbocycles. The maximum absolute atomic E-state index is 12.9. The lowest BCUT2D eigenvalue weighted by Crippen LogP contribution is -2.44. The van der Waals surface area contributed by atoms with E-state index in [1.54, 1.807) is 4.90 Å². The lowest BCUT2D eigenvalue weighted by atomic mass is 9.93. The maximum Gasteiger partial charge on any atom is 0.410 e. The highest BCUT2D eigenvalue weighted by Gasteiger charge is 2.32. The Balaban J connectivity index is 1.72. The van der Waals surface area contributed by atoms with Gasteiger partial charge >= 0.3 is 6.09 Å². The van der Waals surface area contributed by atoms with Gasteiger partial charge < -0.3 is 9.64 Å². The van der Waals surface area contributed by atoms with E-state index >= 15 is 0 Å². The zero-order valence-corrected chi connectivity index (χ0v) is 15.2. The molecule has 3 rings (SSSR count). The summed E-state index contributed by atoms with van der Waals surface area (Å²) in [6.45, 7) is 6.67. The van der Waals surface area contributed by atoms with Gasteiger partial charge in [-0.15, -0.1) is 11.3 Å². The first-order valence-corrected chi connectivity index (χ1v) is 9.16. The summed E-state index contributed by atoms with van der Waals surface area (Å²) in [6, 6.07) is 9.99. The first-order chi connectivity index (χ1) is 11.3. The highest BCUT2D eigenvalue weighted by molar-refractivity contribution is 7.20. The molecule has 128 valence electrons. The van der Waals surface area contributed by atoms with Crippen LogP contribution in [0.25, 0.3) is 10.1 Å². The van der Waals surface area contributed by atoms with Gasteiger partial charge in [0.25, 0.3) is 0 Å². The van der Waals surface area contributed by atoms with Crippen molar-refractivity contribution in [2.24, 2.45) is 5.92 Å². The minimum absolute atomic E-state index is 0.140. The number of piperidine rings is 1. The van der Waals surface area contributed by atoms with Crippen LogP contribution in [-0.2, 0) is 4.74 Å². The Labute approximate surface area is 146 Å². The van der Waals surface area contributed by atoms with Crippen molar-refractivity contribution in [1.82, 2.24) is 4.90 Å². The van der Waals surface area contributed by atoms with E-state index in [9.17, 15) is 9.59 Å². The molecule has 4 nitrogen and oxygen atoms in total. The monoisotopic (exact) mass is 345 g/mol. The molecule has 1 aliphatic heterocycles. The number of hydrogen-bond donors (Lipinski definition) is 0. The fourth-order valence-electron chi connectivity index (χ4n) is 2.99. The number of ketones is 1. The first kappa shape index (κ1) is 17.0. The second-order valence-electron chi connectivity index (χ2n) is 7.28. The van der Waals surface area contributed by atoms with Crippen LogP contribution in [0, 0.1) is 5.92 Å². The molecule has 2 heterocycles. The number of carbonyl (C=O) groups excluding carboxylic acids is 2. The van der Waals surface area contributed by atoms with Gasteiger partial charge in [-0.25, -0.2) is 4.79 Å². The molecule has 1 aliphatic rings. The van der Waals surface area contributed by atoms with Crippen LogP contribution < -0.4 is 0 Å². The summed E-state index contributed by atoms with van der Waals surface area (Å²) in [6.07, 6.45) is 1.34. The van der Waals surface area contributed by atoms with Crippen molar-refractivity contribution in [3.8, 4) is 0 Å². The second kappa shape index (κ2) is 6.55. The summed E-state index contributed by atoms with van der Waals surface area (Å²) in [4.78, 5) is 27.6. The Bertz CT molecular complexity index is 726. The fraction of sp³-hybridized carbons (Fsp3) is 0.474. The summed E-state index contributed by atoms with van der Waals surface area (Å²) in [5, 5.41) is 1.10. The zero-order valence-electron chi connectivity index (χ0n) is 14.4. The Morgan fingerprint density at radius 2 is 2.00 bits per heavy atom. The molecule has 1 aromatic heterocycles. The highest BCUT2D eigenvalue weighted by atomic mass is 32.1. The SMILES string of the molecule is CC(C)(C)OC(=O)N1CCC[C@@H](C(=O)c2cc3ccccc3s2)C1. The van der Waals surface area contributed by atoms with E-state index in [0.29, 0.717) is 13.1 Å². The van der Waals surface area contributed by atoms with E-state index in [0.717, 1.165) is 27.8 Å². The van der Waals surface area contributed by atoms with Crippen molar-refractivity contribution in [2.75, 3.05) is 13.1 Å². The Kier molecular flexibility index (Phi) is 4.63. The van der Waals surface area contributed by atoms with Crippen molar-refractivity contribution in [3.05, 3.63) is 35.2 Å². The third kappa shape index (κ3) is 3.78. The third-order valence-electron chi connectivity index (χ3n) is 4.11. The molecular formula is C19H23NO3S. The van der Waals surface area contributed by atoms with Gasteiger partial charge in [0.05, 0.1) is 4.88 Å². The minimum Gasteiger partial charge on any atom is -0.444 e. The number of rotatable bonds is 2. The summed E-state index contributed by atoms with van der Waals surface area (Å²) in [5.41, 5.74) is -0.514. The van der Waals surface area contributed by atoms with Gasteiger partial charge in [-0.1, -0.05) is 18.2 Å². The van der Waals surface area contributed by atoms with Crippen LogP contribution in [0.2, 0.25) is 0 Å². The van der Waals surface area contributed by atoms with Crippen LogP contribution in [-0.4, -0.2) is 35.5 Å². The van der Waals surface area contributed by atoms with Crippen LogP contribution in [0.4, 0.5) is 4.79 Å². The molecular weight excluding hydrogens is 322 g/mol. The molecule has 1 atom stereocenters. The molecule has 0 bridgehead atoms. The number of ether oxygens (including phenoxy) is 1. The summed E-state index contributed by atoms with van der Waals surface area (Å²) < 4.78 is 6.56. The number of thiophene rings is 1. The molecule has 1 saturated heterocycles. The molecule has 0 N–H and O–H groups in total. The maximum atomic E-state index is 12.9. The number of likely N-dealkylation sites (tertiary alicyclic amines) is 1. The largest absolute Gasteiger partial charge is 0.444 e. The summed E-state index contributed by atoms with van der Waals surface area (Å²) in [5.74, 6) is 0.00351. The Morgan fingerprint density at radius 3 is 2.71 bits per heavy atom. The van der Waals surface area contributed by atoms with E-state index in [1.165, 1.54) is 11.3 Å². The molecule has 0 radical (unpaired) electrons. The van der Waals surface area contributed by atoms with Crippen molar-refractivity contribution in [2.45, 2.75) is 39.2 Å². The van der Waals surface area contributed by atoms with E-state index in [-0.39, 0.29) is 17.8 Å². The molecule has 1 fully saturated rings. The number of amides is 1. The van der Waals surface area contributed by atoms with Gasteiger partial charge in [0.1, 0.15) is 5.60 Å². The van der Waals surface area contributed by atoms with Crippen molar-refractivity contribution in [1.29, 1.82) is 0 Å². The number of nitrogens with zero attached hydrogens (tertiary/aromatic N) is 1. The molecule has 2 aromatic rings. The van der Waals surface area contributed by atoms with Gasteiger partial charge in [-0.05, 0) is 51.1 Å². The predicted molar refractivity (Wildman–Crippen MR) is 96.7 cm³/mol. The Morgan fingerprint density at radius 1 is 1.25 bits per heavy atom. The Hall–Kier alpha value is -1.88. The van der Waals surface area contributed by atoms with Gasteiger partial charge in [0, 0.05) is 23.7 Å². The smallest absolute Gasteiger partial charge is 0.410 e. The molecule has 1 amide bonds. The lowest BCUT2D eigenvalue weighted by molar-refractivity contribution is 0.0172. The average Bonchev–Trinajstić information content (AvgIpc) is 2.96. The highest BCUT2D eigenvalue weighted by Crippen LogP contribution is 2.30. The van der Waals surface area contributed by atoms with Crippen LogP contribution in [0.3, 0.4) is 0 Å². The van der Waals surface area contributed by atoms with E-state index in [2.05, 4.69) is 0 Å². The van der Waals surface area contributed by atoms with Crippen molar-refractivity contribution < 1.29 is 14.3 Å². The van der Waals surface area contributed by atoms with E-state index in [4.69, 9.17) is 4.74 Å². The standard InChI is InChI=1S/C19H23NO3S/c1-19(2,3)23-18(22)20-10-6-8-14(12-20)17(21)16-11-13-7-4-5-9-15(13)24-16/h4-5,7,9,11,14H,6,8,10,12H2,1-3H3/t14-/m1/s1. The molecule has 0 aliphatic carbocycles. The van der Waals surface area contributed by atoms with Crippen LogP contribution in [0.1, 0.15) is 43.3 Å². The third-order valence-corrected chi connectivity index (χ3v) is 5.24. The van der Waals surface area contributed by atoms with Crippen molar-refractivity contribution in [3.63, 3.8) is 0 Å². The predicted octanol–water partition coefficient (Wildman–Crippen LogP) is 4.73. The fourth-order valence-corrected chi connectivity index (χ4v) is 4.07. The molecule has 0 saturated carbocycles. The van der Waals surface area contributed by atoms with Crippen LogP contribution in [0.5, 0.6) is 0 Å². The second-order valence-corrected chi connectivity index (χ2v) is 8.36. The van der Waals surface area contributed by atoms with Crippen molar-refractivity contribution >= 4 is 33.3 Å². The van der Waals surface area contributed by atoms with Gasteiger partial charge in [0.15, 0.2) is 5.78 Å². The quantitative estimate of drug-likeness (QED) is 0.739. The number of hydrogen-bond acceptors (Lipinski definition) is 4. The van der Waals surface area contributed by atoms with Gasteiger partial charge in [-0.2, -0.15) is 0 Å². The zero-order chi connectivity index (χ0) is 17.3. The molecule has 24 heavy (non-hydrogen) atoms. The van der Waals surface area contributed by atoms with Crippen LogP contribution >= 0.6 is 11.3 Å². The topological polar surface area (TPSA) is 46.6 Å². The normalized spacial score (nSPS) is 18.6. The number of benzene rings is 1.